The molecule has 8 heteroatoms. The van der Waals surface area contributed by atoms with Gasteiger partial charge in [-0.15, -0.1) is 11.3 Å². The summed E-state index contributed by atoms with van der Waals surface area (Å²) in [5.74, 6) is -1.08. The molecule has 0 saturated heterocycles. The summed E-state index contributed by atoms with van der Waals surface area (Å²) in [6.07, 6.45) is 0. The van der Waals surface area contributed by atoms with E-state index in [-0.39, 0.29) is 11.3 Å². The lowest BCUT2D eigenvalue weighted by Gasteiger charge is -2.09. The van der Waals surface area contributed by atoms with Crippen LogP contribution in [0.4, 0.5) is 10.5 Å². The number of nitrogens with one attached hydrogen (secondary N) is 2. The first-order chi connectivity index (χ1) is 9.95. The quantitative estimate of drug-likeness (QED) is 0.575. The number of amides is 2. The van der Waals surface area contributed by atoms with Crippen molar-refractivity contribution in [3.05, 3.63) is 48.1 Å². The minimum atomic E-state index is -1.08. The molecule has 1 heterocycles. The van der Waals surface area contributed by atoms with Gasteiger partial charge in [-0.05, 0) is 62.8 Å². The van der Waals surface area contributed by atoms with Crippen molar-refractivity contribution in [1.82, 2.24) is 5.32 Å². The number of halogens is 2. The van der Waals surface area contributed by atoms with Crippen molar-refractivity contribution in [3.8, 4) is 0 Å². The van der Waals surface area contributed by atoms with Crippen LogP contribution in [0.25, 0.3) is 0 Å². The minimum Gasteiger partial charge on any atom is -0.478 e. The molecule has 2 rings (SSSR count). The highest BCUT2D eigenvalue weighted by Gasteiger charge is 2.13. The Hall–Kier alpha value is -1.13. The molecule has 0 saturated carbocycles. The molecule has 0 aliphatic rings. The monoisotopic (exact) mass is 480 g/mol. The van der Waals surface area contributed by atoms with Gasteiger partial charge in [-0.25, -0.2) is 9.59 Å². The summed E-state index contributed by atoms with van der Waals surface area (Å²) < 4.78 is 1.76. The third kappa shape index (κ3) is 4.68. The maximum absolute atomic E-state index is 11.8. The van der Waals surface area contributed by atoms with Gasteiger partial charge in [-0.2, -0.15) is 0 Å². The molecule has 0 aliphatic heterocycles. The Kier molecular flexibility index (Phi) is 5.59. The van der Waals surface area contributed by atoms with Crippen LogP contribution in [0.1, 0.15) is 15.2 Å². The average Bonchev–Trinajstić information content (AvgIpc) is 2.84. The van der Waals surface area contributed by atoms with Gasteiger partial charge in [-0.1, -0.05) is 0 Å². The number of hydrogen-bond acceptors (Lipinski definition) is 3. The van der Waals surface area contributed by atoms with Crippen molar-refractivity contribution < 1.29 is 14.7 Å². The van der Waals surface area contributed by atoms with Crippen molar-refractivity contribution in [1.29, 1.82) is 0 Å². The van der Waals surface area contributed by atoms with Crippen molar-refractivity contribution in [3.63, 3.8) is 0 Å². The number of benzene rings is 1. The molecule has 21 heavy (non-hydrogen) atoms. The second-order valence-corrected chi connectivity index (χ2v) is 7.19. The zero-order valence-electron chi connectivity index (χ0n) is 10.5. The number of carboxylic acids is 1. The first kappa shape index (κ1) is 16.2. The van der Waals surface area contributed by atoms with Crippen LogP contribution in [0.15, 0.2) is 34.1 Å². The number of urea groups is 1. The molecule has 0 bridgehead atoms. The van der Waals surface area contributed by atoms with E-state index in [9.17, 15) is 9.59 Å². The number of aromatic carboxylic acids is 1. The van der Waals surface area contributed by atoms with Crippen LogP contribution in [-0.4, -0.2) is 17.1 Å². The molecular weight excluding hydrogens is 471 g/mol. The maximum atomic E-state index is 11.8. The molecule has 0 fully saturated rings. The molecule has 2 amide bonds. The zero-order valence-corrected chi connectivity index (χ0v) is 15.1. The average molecular weight is 481 g/mol. The molecule has 0 aliphatic carbocycles. The Balaban J connectivity index is 2.01. The molecule has 0 atom stereocenters. The summed E-state index contributed by atoms with van der Waals surface area (Å²) in [5, 5.41) is 16.3. The van der Waals surface area contributed by atoms with Crippen LogP contribution in [0.5, 0.6) is 0 Å². The summed E-state index contributed by atoms with van der Waals surface area (Å²) in [4.78, 5) is 24.0. The molecule has 0 radical (unpaired) electrons. The predicted molar refractivity (Wildman–Crippen MR) is 94.0 cm³/mol. The Labute approximate surface area is 147 Å². The third-order valence-corrected chi connectivity index (χ3v) is 4.87. The van der Waals surface area contributed by atoms with Crippen LogP contribution in [0.3, 0.4) is 0 Å². The van der Waals surface area contributed by atoms with Crippen molar-refractivity contribution in [2.24, 2.45) is 0 Å². The normalized spacial score (nSPS) is 10.2. The second-order valence-electron chi connectivity index (χ2n) is 4.03. The molecule has 0 spiro atoms. The highest BCUT2D eigenvalue weighted by Crippen LogP contribution is 2.20. The predicted octanol–water partition coefficient (Wildman–Crippen LogP) is 4.14. The lowest BCUT2D eigenvalue weighted by molar-refractivity contribution is 0.0698. The number of anilines is 1. The lowest BCUT2D eigenvalue weighted by atomic mass is 10.2. The van der Waals surface area contributed by atoms with Gasteiger partial charge in [0.05, 0.1) is 17.8 Å². The molecule has 0 unspecified atom stereocenters. The largest absolute Gasteiger partial charge is 0.478 e. The van der Waals surface area contributed by atoms with Gasteiger partial charge in [0.15, 0.2) is 0 Å². The van der Waals surface area contributed by atoms with Crippen molar-refractivity contribution in [2.45, 2.75) is 6.54 Å². The Morgan fingerprint density at radius 2 is 2.10 bits per heavy atom. The third-order valence-electron chi connectivity index (χ3n) is 2.51. The second kappa shape index (κ2) is 7.23. The Morgan fingerprint density at radius 1 is 1.33 bits per heavy atom. The number of hydrogen-bond donors (Lipinski definition) is 3. The lowest BCUT2D eigenvalue weighted by Crippen LogP contribution is -2.28. The van der Waals surface area contributed by atoms with Crippen molar-refractivity contribution in [2.75, 3.05) is 5.32 Å². The fourth-order valence-electron chi connectivity index (χ4n) is 1.58. The highest BCUT2D eigenvalue weighted by atomic mass is 127. The topological polar surface area (TPSA) is 78.4 Å². The number of carbonyl (C=O) groups excluding carboxylic acids is 1. The van der Waals surface area contributed by atoms with E-state index in [1.54, 1.807) is 12.1 Å². The minimum absolute atomic E-state index is 0.0657. The van der Waals surface area contributed by atoms with Crippen LogP contribution < -0.4 is 10.6 Å². The molecular formula is C13H10BrIN2O3S. The van der Waals surface area contributed by atoms with Gasteiger partial charge in [0.25, 0.3) is 0 Å². The van der Waals surface area contributed by atoms with E-state index in [0.29, 0.717) is 6.54 Å². The molecule has 1 aromatic heterocycles. The molecule has 5 nitrogen and oxygen atoms in total. The van der Waals surface area contributed by atoms with Crippen LogP contribution in [-0.2, 0) is 6.54 Å². The number of rotatable bonds is 4. The molecule has 3 N–H and O–H groups in total. The molecule has 110 valence electrons. The SMILES string of the molecule is O=C(NCc1cc(Br)cs1)Nc1ccc(I)cc1C(=O)O. The summed E-state index contributed by atoms with van der Waals surface area (Å²) in [6.45, 7) is 0.384. The highest BCUT2D eigenvalue weighted by molar-refractivity contribution is 14.1. The number of carboxylic acid groups (broad SMARTS) is 1. The first-order valence-corrected chi connectivity index (χ1v) is 8.51. The maximum Gasteiger partial charge on any atom is 0.337 e. The summed E-state index contributed by atoms with van der Waals surface area (Å²) in [6, 6.07) is 6.29. The van der Waals surface area contributed by atoms with Gasteiger partial charge in [-0.3, -0.25) is 0 Å². The van der Waals surface area contributed by atoms with Gasteiger partial charge >= 0.3 is 12.0 Å². The number of thiophene rings is 1. The van der Waals surface area contributed by atoms with Gasteiger partial charge in [0.1, 0.15) is 0 Å². The Morgan fingerprint density at radius 3 is 2.71 bits per heavy atom. The van der Waals surface area contributed by atoms with Crippen LogP contribution in [0, 0.1) is 3.57 Å². The summed E-state index contributed by atoms with van der Waals surface area (Å²) >= 11 is 6.89. The first-order valence-electron chi connectivity index (χ1n) is 5.76. The summed E-state index contributed by atoms with van der Waals surface area (Å²) in [7, 11) is 0. The van der Waals surface area contributed by atoms with Crippen molar-refractivity contribution >= 4 is 67.5 Å². The van der Waals surface area contributed by atoms with Crippen LogP contribution >= 0.6 is 49.9 Å². The van der Waals surface area contributed by atoms with Crippen LogP contribution in [0.2, 0.25) is 0 Å². The molecule has 1 aromatic carbocycles. The van der Waals surface area contributed by atoms with Gasteiger partial charge < -0.3 is 15.7 Å². The van der Waals surface area contributed by atoms with E-state index in [1.165, 1.54) is 17.4 Å². The Bertz CT molecular complexity index is 690. The van der Waals surface area contributed by atoms with E-state index < -0.39 is 12.0 Å². The summed E-state index contributed by atoms with van der Waals surface area (Å²) in [5.41, 5.74) is 0.337. The standard InChI is InChI=1S/C13H10BrIN2O3S/c14-7-3-9(21-6-7)5-16-13(20)17-11-2-1-8(15)4-10(11)12(18)19/h1-4,6H,5H2,(H,18,19)(H2,16,17,20). The van der Waals surface area contributed by atoms with E-state index in [0.717, 1.165) is 12.9 Å². The fraction of sp³-hybridized carbons (Fsp3) is 0.0769. The van der Waals surface area contributed by atoms with E-state index in [1.807, 2.05) is 34.0 Å². The smallest absolute Gasteiger partial charge is 0.337 e. The number of carbonyl (C=O) groups is 2. The fourth-order valence-corrected chi connectivity index (χ4v) is 3.46. The van der Waals surface area contributed by atoms with E-state index in [2.05, 4.69) is 26.6 Å². The van der Waals surface area contributed by atoms with E-state index >= 15 is 0 Å². The zero-order chi connectivity index (χ0) is 15.4. The van der Waals surface area contributed by atoms with E-state index in [4.69, 9.17) is 5.11 Å². The van der Waals surface area contributed by atoms with Gasteiger partial charge in [0.2, 0.25) is 0 Å². The molecule has 2 aromatic rings. The van der Waals surface area contributed by atoms with Gasteiger partial charge in [0, 0.05) is 18.3 Å².